The van der Waals surface area contributed by atoms with Crippen LogP contribution in [0.15, 0.2) is 23.4 Å². The van der Waals surface area contributed by atoms with E-state index in [2.05, 4.69) is 15.3 Å². The summed E-state index contributed by atoms with van der Waals surface area (Å²) in [5.41, 5.74) is 1.78. The van der Waals surface area contributed by atoms with Gasteiger partial charge >= 0.3 is 0 Å². The van der Waals surface area contributed by atoms with E-state index in [1.807, 2.05) is 13.8 Å². The monoisotopic (exact) mass is 339 g/mol. The molecule has 0 radical (unpaired) electrons. The van der Waals surface area contributed by atoms with E-state index in [0.29, 0.717) is 6.54 Å². The number of pyridine rings is 1. The summed E-state index contributed by atoms with van der Waals surface area (Å²) in [4.78, 5) is 9.73. The van der Waals surface area contributed by atoms with E-state index >= 15 is 0 Å². The van der Waals surface area contributed by atoms with Gasteiger partial charge in [-0.15, -0.1) is 11.3 Å². The molecule has 7 heteroatoms. The molecule has 2 heterocycles. The van der Waals surface area contributed by atoms with Gasteiger partial charge in [0.05, 0.1) is 33.9 Å². The lowest BCUT2D eigenvalue weighted by molar-refractivity contribution is 0.556. The Bertz CT molecular complexity index is 757. The van der Waals surface area contributed by atoms with E-state index in [1.54, 1.807) is 50.4 Å². The average molecular weight is 339 g/mol. The second kappa shape index (κ2) is 5.96. The van der Waals surface area contributed by atoms with Gasteiger partial charge in [0.1, 0.15) is 0 Å². The van der Waals surface area contributed by atoms with E-state index in [-0.39, 0.29) is 5.03 Å². The molecule has 0 saturated carbocycles. The Morgan fingerprint density at radius 3 is 2.36 bits per heavy atom. The largest absolute Gasteiger partial charge is 0.378 e. The molecule has 0 fully saturated rings. The fourth-order valence-electron chi connectivity index (χ4n) is 1.88. The smallest absolute Gasteiger partial charge is 0.200 e. The maximum atomic E-state index is 12.3. The molecule has 0 aromatic carbocycles. The Kier molecular flexibility index (Phi) is 4.58. The summed E-state index contributed by atoms with van der Waals surface area (Å²) in [5.74, 6) is 0. The second-order valence-electron chi connectivity index (χ2n) is 6.09. The minimum atomic E-state index is -3.41. The van der Waals surface area contributed by atoms with Crippen LogP contribution in [0.2, 0.25) is 0 Å². The van der Waals surface area contributed by atoms with Crippen molar-refractivity contribution in [3.05, 3.63) is 33.9 Å². The van der Waals surface area contributed by atoms with Crippen LogP contribution in [-0.2, 0) is 16.4 Å². The third kappa shape index (κ3) is 3.47. The molecular weight excluding hydrogens is 318 g/mol. The molecule has 0 unspecified atom stereocenters. The quantitative estimate of drug-likeness (QED) is 0.925. The van der Waals surface area contributed by atoms with Gasteiger partial charge in [-0.25, -0.2) is 18.4 Å². The Hall–Kier alpha value is -1.47. The summed E-state index contributed by atoms with van der Waals surface area (Å²) in [6.07, 6.45) is 1.55. The van der Waals surface area contributed by atoms with Gasteiger partial charge in [-0.05, 0) is 46.8 Å². The Morgan fingerprint density at radius 1 is 1.23 bits per heavy atom. The maximum absolute atomic E-state index is 12.3. The number of anilines is 1. The zero-order valence-electron chi connectivity index (χ0n) is 13.5. The van der Waals surface area contributed by atoms with Crippen LogP contribution in [-0.4, -0.2) is 23.1 Å². The molecule has 5 nitrogen and oxygen atoms in total. The van der Waals surface area contributed by atoms with Crippen molar-refractivity contribution in [2.45, 2.75) is 50.9 Å². The van der Waals surface area contributed by atoms with Gasteiger partial charge in [0.15, 0.2) is 14.9 Å². The number of nitrogens with zero attached hydrogens (tertiary/aromatic N) is 2. The predicted molar refractivity (Wildman–Crippen MR) is 90.1 cm³/mol. The van der Waals surface area contributed by atoms with Crippen LogP contribution in [0.4, 0.5) is 5.69 Å². The summed E-state index contributed by atoms with van der Waals surface area (Å²) >= 11 is 1.67. The average Bonchev–Trinajstić information content (AvgIpc) is 2.74. The number of aryl methyl sites for hydroxylation is 2. The number of hydrogen-bond donors (Lipinski definition) is 1. The SMILES string of the molecule is Cc1nc(CNc2ccc(S(=O)(=O)C(C)(C)C)nc2)c(C)s1. The van der Waals surface area contributed by atoms with Crippen LogP contribution in [0.1, 0.15) is 36.3 Å². The molecule has 2 aromatic heterocycles. The zero-order valence-corrected chi connectivity index (χ0v) is 15.1. The molecule has 2 rings (SSSR count). The predicted octanol–water partition coefficient (Wildman–Crippen LogP) is 3.34. The van der Waals surface area contributed by atoms with Crippen molar-refractivity contribution in [3.63, 3.8) is 0 Å². The third-order valence-corrected chi connectivity index (χ3v) is 6.61. The Balaban J connectivity index is 2.12. The molecule has 0 bridgehead atoms. The van der Waals surface area contributed by atoms with E-state index in [1.165, 1.54) is 4.88 Å². The van der Waals surface area contributed by atoms with Gasteiger partial charge in [0.25, 0.3) is 0 Å². The molecule has 0 amide bonds. The highest BCUT2D eigenvalue weighted by Gasteiger charge is 2.31. The first kappa shape index (κ1) is 16.9. The van der Waals surface area contributed by atoms with E-state index in [4.69, 9.17) is 0 Å². The van der Waals surface area contributed by atoms with Crippen molar-refractivity contribution in [1.82, 2.24) is 9.97 Å². The molecule has 0 aliphatic rings. The van der Waals surface area contributed by atoms with Crippen molar-refractivity contribution in [2.75, 3.05) is 5.32 Å². The molecule has 0 spiro atoms. The van der Waals surface area contributed by atoms with E-state index in [9.17, 15) is 8.42 Å². The van der Waals surface area contributed by atoms with Crippen LogP contribution in [0.5, 0.6) is 0 Å². The third-order valence-electron chi connectivity index (χ3n) is 3.28. The first-order chi connectivity index (χ1) is 10.1. The standard InChI is InChI=1S/C15H21N3O2S2/c1-10-13(18-11(2)21-10)9-16-12-6-7-14(17-8-12)22(19,20)15(3,4)5/h6-8,16H,9H2,1-5H3. The van der Waals surface area contributed by atoms with Crippen molar-refractivity contribution >= 4 is 26.9 Å². The number of aromatic nitrogens is 2. The number of thiazole rings is 1. The van der Waals surface area contributed by atoms with E-state index in [0.717, 1.165) is 16.4 Å². The molecule has 0 atom stereocenters. The molecule has 2 aromatic rings. The van der Waals surface area contributed by atoms with Crippen LogP contribution in [0.3, 0.4) is 0 Å². The molecule has 0 saturated heterocycles. The van der Waals surface area contributed by atoms with Gasteiger partial charge < -0.3 is 5.32 Å². The molecule has 0 aliphatic heterocycles. The Morgan fingerprint density at radius 2 is 1.91 bits per heavy atom. The topological polar surface area (TPSA) is 72.0 Å². The highest BCUT2D eigenvalue weighted by molar-refractivity contribution is 7.92. The summed E-state index contributed by atoms with van der Waals surface area (Å²) in [6.45, 7) is 9.63. The normalized spacial score (nSPS) is 12.4. The van der Waals surface area contributed by atoms with Gasteiger partial charge in [0.2, 0.25) is 0 Å². The van der Waals surface area contributed by atoms with E-state index < -0.39 is 14.6 Å². The van der Waals surface area contributed by atoms with Crippen molar-refractivity contribution in [2.24, 2.45) is 0 Å². The summed E-state index contributed by atoms with van der Waals surface area (Å²) in [5, 5.41) is 4.36. The van der Waals surface area contributed by atoms with Crippen LogP contribution >= 0.6 is 11.3 Å². The minimum absolute atomic E-state index is 0.103. The van der Waals surface area contributed by atoms with Crippen molar-refractivity contribution < 1.29 is 8.42 Å². The number of rotatable bonds is 4. The lowest BCUT2D eigenvalue weighted by atomic mass is 10.3. The highest BCUT2D eigenvalue weighted by atomic mass is 32.2. The Labute approximate surface area is 135 Å². The van der Waals surface area contributed by atoms with Crippen LogP contribution < -0.4 is 5.32 Å². The van der Waals surface area contributed by atoms with Gasteiger partial charge in [0, 0.05) is 4.88 Å². The minimum Gasteiger partial charge on any atom is -0.378 e. The van der Waals surface area contributed by atoms with Crippen molar-refractivity contribution in [3.8, 4) is 0 Å². The summed E-state index contributed by atoms with van der Waals surface area (Å²) < 4.78 is 23.7. The molecule has 0 aliphatic carbocycles. The lowest BCUT2D eigenvalue weighted by Gasteiger charge is -2.18. The second-order valence-corrected chi connectivity index (χ2v) is 10.1. The summed E-state index contributed by atoms with van der Waals surface area (Å²) in [7, 11) is -3.41. The van der Waals surface area contributed by atoms with Crippen LogP contribution in [0, 0.1) is 13.8 Å². The lowest BCUT2D eigenvalue weighted by Crippen LogP contribution is -2.28. The first-order valence-corrected chi connectivity index (χ1v) is 9.28. The van der Waals surface area contributed by atoms with Crippen molar-refractivity contribution in [1.29, 1.82) is 0 Å². The molecular formula is C15H21N3O2S2. The highest BCUT2D eigenvalue weighted by Crippen LogP contribution is 2.24. The number of nitrogens with one attached hydrogen (secondary N) is 1. The maximum Gasteiger partial charge on any atom is 0.200 e. The summed E-state index contributed by atoms with van der Waals surface area (Å²) in [6, 6.07) is 3.28. The molecule has 1 N–H and O–H groups in total. The first-order valence-electron chi connectivity index (χ1n) is 6.99. The van der Waals surface area contributed by atoms with Gasteiger partial charge in [-0.1, -0.05) is 0 Å². The molecule has 120 valence electrons. The van der Waals surface area contributed by atoms with Gasteiger partial charge in [-0.3, -0.25) is 0 Å². The fourth-order valence-corrected chi connectivity index (χ4v) is 3.78. The number of hydrogen-bond acceptors (Lipinski definition) is 6. The van der Waals surface area contributed by atoms with Crippen LogP contribution in [0.25, 0.3) is 0 Å². The van der Waals surface area contributed by atoms with Gasteiger partial charge in [-0.2, -0.15) is 0 Å². The zero-order chi connectivity index (χ0) is 16.5. The number of sulfone groups is 1. The molecule has 22 heavy (non-hydrogen) atoms. The fraction of sp³-hybridized carbons (Fsp3) is 0.467.